The van der Waals surface area contributed by atoms with Crippen molar-refractivity contribution in [3.05, 3.63) is 89.0 Å². The van der Waals surface area contributed by atoms with Crippen LogP contribution in [0, 0.1) is 11.2 Å². The molecule has 1 aromatic heterocycles. The van der Waals surface area contributed by atoms with E-state index in [2.05, 4.69) is 37.2 Å². The largest absolute Gasteiger partial charge is 0.346 e. The second-order valence-corrected chi connectivity index (χ2v) is 9.36. The molecular weight excluding hydrogens is 391 g/mol. The molecule has 0 amide bonds. The van der Waals surface area contributed by atoms with Gasteiger partial charge in [-0.1, -0.05) is 42.8 Å². The van der Waals surface area contributed by atoms with Gasteiger partial charge in [-0.05, 0) is 61.2 Å². The number of fused-ring (bicyclic) bond motifs is 3. The van der Waals surface area contributed by atoms with Gasteiger partial charge in [-0.15, -0.1) is 0 Å². The quantitative estimate of drug-likeness (QED) is 0.560. The average Bonchev–Trinajstić information content (AvgIpc) is 3.43. The lowest BCUT2D eigenvalue weighted by atomic mass is 9.72. The van der Waals surface area contributed by atoms with Gasteiger partial charge in [0.05, 0.1) is 24.2 Å². The van der Waals surface area contributed by atoms with Crippen molar-refractivity contribution in [2.45, 2.75) is 44.5 Å². The topological polar surface area (TPSA) is 36.3 Å². The number of nitrogens with zero attached hydrogens (tertiary/aromatic N) is 2. The first-order chi connectivity index (χ1) is 14.9. The molecule has 0 unspecified atom stereocenters. The fraction of sp³-hybridized carbons (Fsp3) is 0.346. The molecule has 3 aromatic rings. The van der Waals surface area contributed by atoms with Gasteiger partial charge in [0.2, 0.25) is 0 Å². The van der Waals surface area contributed by atoms with E-state index in [1.54, 1.807) is 12.1 Å². The molecule has 2 aliphatic carbocycles. The van der Waals surface area contributed by atoms with Crippen molar-refractivity contribution in [1.29, 1.82) is 0 Å². The predicted octanol–water partition coefficient (Wildman–Crippen LogP) is 5.41. The van der Waals surface area contributed by atoms with Crippen molar-refractivity contribution >= 4 is 6.08 Å². The minimum absolute atomic E-state index is 0.245. The van der Waals surface area contributed by atoms with E-state index in [0.717, 1.165) is 41.8 Å². The zero-order valence-corrected chi connectivity index (χ0v) is 17.8. The highest BCUT2D eigenvalue weighted by atomic mass is 19.1. The first-order valence-electron chi connectivity index (χ1n) is 10.9. The summed E-state index contributed by atoms with van der Waals surface area (Å²) < 4.78 is 28.7. The first-order valence-corrected chi connectivity index (χ1v) is 10.9. The van der Waals surface area contributed by atoms with Crippen LogP contribution in [0.4, 0.5) is 4.39 Å². The molecule has 31 heavy (non-hydrogen) atoms. The van der Waals surface area contributed by atoms with Crippen molar-refractivity contribution in [1.82, 2.24) is 9.78 Å². The van der Waals surface area contributed by atoms with Gasteiger partial charge in [0.15, 0.2) is 5.79 Å². The molecule has 3 aliphatic rings. The Morgan fingerprint density at radius 1 is 1.03 bits per heavy atom. The first kappa shape index (κ1) is 19.0. The Morgan fingerprint density at radius 2 is 1.81 bits per heavy atom. The Morgan fingerprint density at radius 3 is 2.58 bits per heavy atom. The van der Waals surface area contributed by atoms with Gasteiger partial charge < -0.3 is 9.47 Å². The van der Waals surface area contributed by atoms with E-state index < -0.39 is 11.4 Å². The summed E-state index contributed by atoms with van der Waals surface area (Å²) in [5, 5.41) is 4.62. The molecular formula is C26H25FN2O2. The van der Waals surface area contributed by atoms with Crippen LogP contribution in [0.25, 0.3) is 11.8 Å². The highest BCUT2D eigenvalue weighted by molar-refractivity contribution is 5.62. The van der Waals surface area contributed by atoms with E-state index in [9.17, 15) is 4.39 Å². The standard InChI is InChI=1S/C26H25FN2O2/c1-24-15-18-16-28-29(22-10-8-21(27)9-11-22)23(18)14-20(24)12-13-26(24)30-17-25(2,31-26)19-6-4-3-5-7-19/h3-11,14,16H,12-13,15,17H2,1-2H3/t24-,25-,26+/m0/s1. The molecule has 0 radical (unpaired) electrons. The van der Waals surface area contributed by atoms with Gasteiger partial charge in [0.25, 0.3) is 0 Å². The van der Waals surface area contributed by atoms with Crippen LogP contribution in [-0.4, -0.2) is 22.2 Å². The second kappa shape index (κ2) is 6.38. The molecule has 3 atom stereocenters. The van der Waals surface area contributed by atoms with Gasteiger partial charge >= 0.3 is 0 Å². The summed E-state index contributed by atoms with van der Waals surface area (Å²) in [6, 6.07) is 16.8. The smallest absolute Gasteiger partial charge is 0.179 e. The third kappa shape index (κ3) is 2.63. The maximum absolute atomic E-state index is 13.4. The normalized spacial score (nSPS) is 31.5. The molecule has 2 heterocycles. The molecule has 5 heteroatoms. The SMILES string of the molecule is C[C@]12Cc3cnn(-c4ccc(F)cc4)c3C=C1CC[C@]21OC[C@@](C)(c2ccccc2)O1. The lowest BCUT2D eigenvalue weighted by Gasteiger charge is -2.42. The lowest BCUT2D eigenvalue weighted by molar-refractivity contribution is -0.233. The number of ether oxygens (including phenoxy) is 2. The molecule has 1 saturated heterocycles. The fourth-order valence-electron chi connectivity index (χ4n) is 5.60. The van der Waals surface area contributed by atoms with Crippen molar-refractivity contribution < 1.29 is 13.9 Å². The molecule has 4 nitrogen and oxygen atoms in total. The highest BCUT2D eigenvalue weighted by Crippen LogP contribution is 2.61. The molecule has 2 aromatic carbocycles. The fourth-order valence-corrected chi connectivity index (χ4v) is 5.60. The summed E-state index contributed by atoms with van der Waals surface area (Å²) in [6.07, 6.45) is 6.74. The van der Waals surface area contributed by atoms with Crippen LogP contribution >= 0.6 is 0 Å². The number of hydrogen-bond donors (Lipinski definition) is 0. The molecule has 0 bridgehead atoms. The molecule has 1 saturated carbocycles. The Kier molecular flexibility index (Phi) is 3.90. The molecule has 158 valence electrons. The van der Waals surface area contributed by atoms with Crippen molar-refractivity contribution in [2.75, 3.05) is 6.61 Å². The Labute approximate surface area is 181 Å². The average molecular weight is 416 g/mol. The monoisotopic (exact) mass is 416 g/mol. The lowest BCUT2D eigenvalue weighted by Crippen LogP contribution is -2.47. The zero-order chi connectivity index (χ0) is 21.3. The number of halogens is 1. The maximum Gasteiger partial charge on any atom is 0.179 e. The molecule has 2 fully saturated rings. The number of benzene rings is 2. The molecule has 0 N–H and O–H groups in total. The molecule has 1 spiro atoms. The van der Waals surface area contributed by atoms with Crippen molar-refractivity contribution in [2.24, 2.45) is 5.41 Å². The van der Waals surface area contributed by atoms with Crippen LogP contribution in [0.15, 0.2) is 66.4 Å². The summed E-state index contributed by atoms with van der Waals surface area (Å²) in [5.74, 6) is -0.885. The minimum Gasteiger partial charge on any atom is -0.346 e. The van der Waals surface area contributed by atoms with Gasteiger partial charge in [-0.3, -0.25) is 0 Å². The summed E-state index contributed by atoms with van der Waals surface area (Å²) in [4.78, 5) is 0. The van der Waals surface area contributed by atoms with Crippen LogP contribution in [-0.2, 0) is 21.5 Å². The Balaban J connectivity index is 1.37. The summed E-state index contributed by atoms with van der Waals surface area (Å²) in [6.45, 7) is 4.94. The zero-order valence-electron chi connectivity index (χ0n) is 17.8. The van der Waals surface area contributed by atoms with E-state index in [1.807, 2.05) is 29.1 Å². The van der Waals surface area contributed by atoms with E-state index in [0.29, 0.717) is 6.61 Å². The van der Waals surface area contributed by atoms with Crippen LogP contribution < -0.4 is 0 Å². The maximum atomic E-state index is 13.4. The number of aromatic nitrogens is 2. The van der Waals surface area contributed by atoms with E-state index in [1.165, 1.54) is 17.7 Å². The van der Waals surface area contributed by atoms with Gasteiger partial charge in [0.1, 0.15) is 11.4 Å². The number of rotatable bonds is 2. The van der Waals surface area contributed by atoms with E-state index in [4.69, 9.17) is 9.47 Å². The van der Waals surface area contributed by atoms with Crippen molar-refractivity contribution in [3.8, 4) is 5.69 Å². The minimum atomic E-state index is -0.640. The van der Waals surface area contributed by atoms with Crippen LogP contribution in [0.2, 0.25) is 0 Å². The van der Waals surface area contributed by atoms with Crippen LogP contribution in [0.3, 0.4) is 0 Å². The summed E-state index contributed by atoms with van der Waals surface area (Å²) >= 11 is 0. The van der Waals surface area contributed by atoms with Gasteiger partial charge in [0, 0.05) is 11.8 Å². The predicted molar refractivity (Wildman–Crippen MR) is 116 cm³/mol. The highest BCUT2D eigenvalue weighted by Gasteiger charge is 2.64. The molecule has 1 aliphatic heterocycles. The summed E-state index contributed by atoms with van der Waals surface area (Å²) in [7, 11) is 0. The molecule has 6 rings (SSSR count). The van der Waals surface area contributed by atoms with Gasteiger partial charge in [-0.25, -0.2) is 9.07 Å². The second-order valence-electron chi connectivity index (χ2n) is 9.36. The van der Waals surface area contributed by atoms with E-state index in [-0.39, 0.29) is 11.2 Å². The Bertz CT molecular complexity index is 1190. The van der Waals surface area contributed by atoms with Crippen LogP contribution in [0.5, 0.6) is 0 Å². The Hall–Kier alpha value is -2.76. The van der Waals surface area contributed by atoms with Crippen molar-refractivity contribution in [3.63, 3.8) is 0 Å². The number of hydrogen-bond acceptors (Lipinski definition) is 3. The van der Waals surface area contributed by atoms with E-state index >= 15 is 0 Å². The summed E-state index contributed by atoms with van der Waals surface area (Å²) in [5.41, 5.74) is 4.87. The van der Waals surface area contributed by atoms with Crippen LogP contribution in [0.1, 0.15) is 43.5 Å². The van der Waals surface area contributed by atoms with Gasteiger partial charge in [-0.2, -0.15) is 5.10 Å². The third-order valence-corrected chi connectivity index (χ3v) is 7.44. The third-order valence-electron chi connectivity index (χ3n) is 7.44.